The Morgan fingerprint density at radius 1 is 1.16 bits per heavy atom. The van der Waals surface area contributed by atoms with Crippen molar-refractivity contribution >= 4 is 0 Å². The van der Waals surface area contributed by atoms with Crippen LogP contribution in [0.4, 0.5) is 0 Å². The van der Waals surface area contributed by atoms with Gasteiger partial charge in [-0.3, -0.25) is 4.98 Å². The van der Waals surface area contributed by atoms with Gasteiger partial charge in [0.25, 0.3) is 5.89 Å². The number of nitrogens with zero attached hydrogens (tertiary/aromatic N) is 4. The lowest BCUT2D eigenvalue weighted by Gasteiger charge is -2.55. The van der Waals surface area contributed by atoms with Crippen molar-refractivity contribution in [2.24, 2.45) is 5.41 Å². The molecule has 1 saturated heterocycles. The molecule has 2 aromatic heterocycles. The molecule has 2 atom stereocenters. The maximum atomic E-state index is 12.4. The monoisotopic (exact) mass is 438 g/mol. The average Bonchev–Trinajstić information content (AvgIpc) is 3.28. The second-order valence-corrected chi connectivity index (χ2v) is 9.80. The number of rotatable bonds is 6. The number of hydrogen-bond donors (Lipinski definition) is 2. The lowest BCUT2D eigenvalue weighted by atomic mass is 9.62. The van der Waals surface area contributed by atoms with Crippen LogP contribution in [0.25, 0.3) is 11.4 Å². The number of likely N-dealkylation sites (tertiary alicyclic amines) is 1. The fourth-order valence-corrected chi connectivity index (χ4v) is 4.61. The molecule has 170 valence electrons. The van der Waals surface area contributed by atoms with Crippen LogP contribution in [0.3, 0.4) is 0 Å². The summed E-state index contributed by atoms with van der Waals surface area (Å²) in [6.07, 6.45) is 3.26. The van der Waals surface area contributed by atoms with Crippen LogP contribution >= 0.6 is 0 Å². The first-order chi connectivity index (χ1) is 15.8. The summed E-state index contributed by atoms with van der Waals surface area (Å²) in [5, 5.41) is 26.5. The van der Waals surface area contributed by atoms with Gasteiger partial charge in [0.05, 0.1) is 0 Å². The van der Waals surface area contributed by atoms with Crippen molar-refractivity contribution in [3.05, 3.63) is 65.3 Å². The van der Waals surface area contributed by atoms with Gasteiger partial charge in [0, 0.05) is 44.8 Å². The third-order valence-electron chi connectivity index (χ3n) is 6.33. The molecule has 1 aliphatic heterocycles. The van der Waals surface area contributed by atoms with E-state index in [1.54, 1.807) is 26.2 Å². The van der Waals surface area contributed by atoms with Crippen LogP contribution in [0.15, 0.2) is 47.2 Å². The Hall–Kier alpha value is -2.61. The van der Waals surface area contributed by atoms with Crippen LogP contribution in [0.1, 0.15) is 65.8 Å². The molecule has 1 aliphatic rings. The summed E-state index contributed by atoms with van der Waals surface area (Å²) >= 11 is 0. The molecule has 1 unspecified atom stereocenters. The van der Waals surface area contributed by atoms with Gasteiger partial charge in [-0.25, -0.2) is 0 Å². The average molecular weight is 439 g/mol. The second-order valence-electron chi connectivity index (χ2n) is 9.80. The van der Waals surface area contributed by atoms with Crippen LogP contribution in [-0.4, -0.2) is 50.4 Å². The molecule has 0 aliphatic carbocycles. The smallest absolute Gasteiger partial charge is 0.258 e. The molecule has 32 heavy (non-hydrogen) atoms. The fourth-order valence-electron chi connectivity index (χ4n) is 4.61. The summed E-state index contributed by atoms with van der Waals surface area (Å²) in [6.45, 7) is 7.47. The number of benzene rings is 1. The standard InChI is InChI=1S/C25H32N4O3/c1-16(2)17-7-9-19(10-8-17)25(31,24(5)14-29(6)15-24)20-11-18(12-26-13-20)21-27-22(32-28-21)23(3,4)30/h7-13,16,30-31H,14-15H2,1-6H3/t25-/m0/s1/i1D2/t16?,25-. The van der Waals surface area contributed by atoms with E-state index in [9.17, 15) is 10.2 Å². The van der Waals surface area contributed by atoms with Crippen LogP contribution < -0.4 is 0 Å². The molecule has 0 amide bonds. The van der Waals surface area contributed by atoms with Gasteiger partial charge in [-0.1, -0.05) is 50.1 Å². The summed E-state index contributed by atoms with van der Waals surface area (Å²) in [7, 11) is 2.02. The van der Waals surface area contributed by atoms with Gasteiger partial charge in [-0.05, 0) is 44.0 Å². The minimum absolute atomic E-state index is 0.0996. The van der Waals surface area contributed by atoms with E-state index in [2.05, 4.69) is 26.9 Å². The highest BCUT2D eigenvalue weighted by Gasteiger charge is 2.55. The summed E-state index contributed by atoms with van der Waals surface area (Å²) in [4.78, 5) is 10.8. The van der Waals surface area contributed by atoms with E-state index in [4.69, 9.17) is 7.26 Å². The molecule has 0 saturated carbocycles. The maximum Gasteiger partial charge on any atom is 0.258 e. The van der Waals surface area contributed by atoms with Crippen molar-refractivity contribution < 1.29 is 17.5 Å². The molecule has 0 radical (unpaired) electrons. The Morgan fingerprint density at radius 2 is 1.84 bits per heavy atom. The number of aliphatic hydroxyl groups is 2. The number of hydrogen-bond acceptors (Lipinski definition) is 7. The molecule has 4 rings (SSSR count). The zero-order valence-electron chi connectivity index (χ0n) is 21.2. The van der Waals surface area contributed by atoms with E-state index in [1.165, 1.54) is 0 Å². The first-order valence-electron chi connectivity index (χ1n) is 11.9. The maximum absolute atomic E-state index is 12.4. The zero-order chi connectivity index (χ0) is 24.9. The van der Waals surface area contributed by atoms with E-state index in [-0.39, 0.29) is 17.6 Å². The van der Waals surface area contributed by atoms with Gasteiger partial charge in [-0.15, -0.1) is 0 Å². The molecule has 2 N–H and O–H groups in total. The third kappa shape index (κ3) is 3.74. The van der Waals surface area contributed by atoms with E-state index in [0.717, 1.165) is 11.1 Å². The highest BCUT2D eigenvalue weighted by Crippen LogP contribution is 2.50. The fraction of sp³-hybridized carbons (Fsp3) is 0.480. The summed E-state index contributed by atoms with van der Waals surface area (Å²) < 4.78 is 20.6. The van der Waals surface area contributed by atoms with Crippen molar-refractivity contribution in [3.8, 4) is 11.4 Å². The molecular weight excluding hydrogens is 404 g/mol. The Balaban J connectivity index is 1.79. The van der Waals surface area contributed by atoms with Gasteiger partial charge in [0.15, 0.2) is 0 Å². The lowest BCUT2D eigenvalue weighted by molar-refractivity contribution is -0.127. The van der Waals surface area contributed by atoms with E-state index >= 15 is 0 Å². The Labute approximate surface area is 191 Å². The molecule has 1 aromatic carbocycles. The lowest BCUT2D eigenvalue weighted by Crippen LogP contribution is -2.63. The Bertz CT molecular complexity index is 1150. The van der Waals surface area contributed by atoms with E-state index < -0.39 is 23.5 Å². The number of aromatic nitrogens is 3. The largest absolute Gasteiger partial charge is 0.381 e. The Kier molecular flexibility index (Phi) is 4.86. The molecule has 0 bridgehead atoms. The van der Waals surface area contributed by atoms with Crippen molar-refractivity contribution in [3.63, 3.8) is 0 Å². The minimum atomic E-state index is -1.35. The van der Waals surface area contributed by atoms with Gasteiger partial charge < -0.3 is 19.6 Å². The van der Waals surface area contributed by atoms with E-state index in [0.29, 0.717) is 24.2 Å². The minimum Gasteiger partial charge on any atom is -0.381 e. The normalized spacial score (nSPS) is 20.2. The third-order valence-corrected chi connectivity index (χ3v) is 6.33. The van der Waals surface area contributed by atoms with Gasteiger partial charge in [-0.2, -0.15) is 4.98 Å². The van der Waals surface area contributed by atoms with Crippen molar-refractivity contribution in [2.75, 3.05) is 20.1 Å². The van der Waals surface area contributed by atoms with Crippen molar-refractivity contribution in [2.45, 2.75) is 51.7 Å². The first-order valence-corrected chi connectivity index (χ1v) is 10.7. The van der Waals surface area contributed by atoms with Crippen LogP contribution in [-0.2, 0) is 11.2 Å². The molecular formula is C25H32N4O3. The predicted molar refractivity (Wildman–Crippen MR) is 122 cm³/mol. The SMILES string of the molecule is [2H]C([2H])C(C)c1ccc([C@](O)(c2cncc(-c3noc(C(C)(C)O)n3)c2)C2(C)CN(C)C2)cc1. The highest BCUT2D eigenvalue weighted by atomic mass is 16.5. The molecule has 3 heterocycles. The summed E-state index contributed by atoms with van der Waals surface area (Å²) in [5.74, 6) is 0.147. The summed E-state index contributed by atoms with van der Waals surface area (Å²) in [6, 6.07) is 9.35. The molecule has 3 aromatic rings. The zero-order valence-corrected chi connectivity index (χ0v) is 19.2. The van der Waals surface area contributed by atoms with Gasteiger partial charge in [0.1, 0.15) is 11.2 Å². The van der Waals surface area contributed by atoms with E-state index in [1.807, 2.05) is 44.3 Å². The Morgan fingerprint density at radius 3 is 2.41 bits per heavy atom. The van der Waals surface area contributed by atoms with Gasteiger partial charge in [0.2, 0.25) is 5.82 Å². The van der Waals surface area contributed by atoms with Crippen molar-refractivity contribution in [1.29, 1.82) is 0 Å². The first kappa shape index (κ1) is 20.0. The molecule has 1 fully saturated rings. The van der Waals surface area contributed by atoms with Gasteiger partial charge >= 0.3 is 0 Å². The summed E-state index contributed by atoms with van der Waals surface area (Å²) in [5.41, 5.74) is -0.314. The van der Waals surface area contributed by atoms with Crippen LogP contribution in [0, 0.1) is 5.41 Å². The molecule has 0 spiro atoms. The quantitative estimate of drug-likeness (QED) is 0.606. The molecule has 7 heteroatoms. The second kappa shape index (κ2) is 7.76. The topological polar surface area (TPSA) is 95.5 Å². The number of pyridine rings is 1. The highest BCUT2D eigenvalue weighted by molar-refractivity contribution is 5.56. The molecule has 7 nitrogen and oxygen atoms in total. The van der Waals surface area contributed by atoms with Crippen LogP contribution in [0.2, 0.25) is 0 Å². The van der Waals surface area contributed by atoms with Crippen molar-refractivity contribution in [1.82, 2.24) is 20.0 Å². The van der Waals surface area contributed by atoms with Crippen LogP contribution in [0.5, 0.6) is 0 Å². The predicted octanol–water partition coefficient (Wildman–Crippen LogP) is 3.67.